The van der Waals surface area contributed by atoms with Gasteiger partial charge in [-0.25, -0.2) is 9.37 Å². The van der Waals surface area contributed by atoms with Crippen molar-refractivity contribution < 1.29 is 13.9 Å². The van der Waals surface area contributed by atoms with Crippen molar-refractivity contribution in [1.29, 1.82) is 0 Å². The number of ether oxygens (including phenoxy) is 1. The van der Waals surface area contributed by atoms with Gasteiger partial charge in [0.25, 0.3) is 5.91 Å². The Labute approximate surface area is 192 Å². The van der Waals surface area contributed by atoms with Crippen LogP contribution in [0.25, 0.3) is 16.9 Å². The molecule has 2 saturated heterocycles. The highest BCUT2D eigenvalue weighted by atomic mass is 19.1. The van der Waals surface area contributed by atoms with Crippen molar-refractivity contribution in [3.05, 3.63) is 47.4 Å². The SMILES string of the molecule is O=C([C@H]1CCCO1)N1CCN(c2c3c(nc4cc(-c5cccc(F)c5)nn24)CCCC3)CC1. The number of carbonyl (C=O) groups excluding carboxylic acids is 1. The molecule has 0 radical (unpaired) electrons. The van der Waals surface area contributed by atoms with Gasteiger partial charge in [-0.1, -0.05) is 12.1 Å². The molecule has 2 aliphatic heterocycles. The molecule has 1 aliphatic carbocycles. The van der Waals surface area contributed by atoms with Crippen LogP contribution in [0.5, 0.6) is 0 Å². The van der Waals surface area contributed by atoms with Crippen LogP contribution >= 0.6 is 0 Å². The Hall–Kier alpha value is -3.00. The number of amides is 1. The summed E-state index contributed by atoms with van der Waals surface area (Å²) in [4.78, 5) is 22.0. The molecule has 1 aromatic carbocycles. The number of hydrogen-bond donors (Lipinski definition) is 0. The third kappa shape index (κ3) is 3.76. The van der Waals surface area contributed by atoms with Crippen molar-refractivity contribution in [2.45, 2.75) is 44.6 Å². The predicted octanol–water partition coefficient (Wildman–Crippen LogP) is 3.24. The maximum Gasteiger partial charge on any atom is 0.251 e. The smallest absolute Gasteiger partial charge is 0.251 e. The minimum atomic E-state index is -0.274. The second-order valence-electron chi connectivity index (χ2n) is 9.19. The molecule has 3 aliphatic rings. The van der Waals surface area contributed by atoms with Crippen molar-refractivity contribution in [3.8, 4) is 11.3 Å². The zero-order chi connectivity index (χ0) is 22.4. The quantitative estimate of drug-likeness (QED) is 0.614. The summed E-state index contributed by atoms with van der Waals surface area (Å²) in [5.41, 5.74) is 4.67. The largest absolute Gasteiger partial charge is 0.368 e. The summed E-state index contributed by atoms with van der Waals surface area (Å²) in [5, 5.41) is 4.87. The number of rotatable bonds is 3. The van der Waals surface area contributed by atoms with Crippen LogP contribution in [0.1, 0.15) is 36.9 Å². The average molecular weight is 450 g/mol. The summed E-state index contributed by atoms with van der Waals surface area (Å²) in [6, 6.07) is 8.48. The van der Waals surface area contributed by atoms with Crippen LogP contribution in [-0.4, -0.2) is 64.3 Å². The standard InChI is InChI=1S/C25H28FN5O2/c26-18-6-3-5-17(15-18)21-16-23-27-20-8-2-1-7-19(20)24(31(23)28-21)29-10-12-30(13-11-29)25(32)22-9-4-14-33-22/h3,5-6,15-16,22H,1-2,4,7-14H2/t22-/m1/s1. The molecule has 1 atom stereocenters. The minimum Gasteiger partial charge on any atom is -0.368 e. The number of aromatic nitrogens is 3. The summed E-state index contributed by atoms with van der Waals surface area (Å²) in [6.07, 6.45) is 5.76. The Balaban J connectivity index is 1.34. The van der Waals surface area contributed by atoms with Crippen LogP contribution in [0.15, 0.2) is 30.3 Å². The van der Waals surface area contributed by atoms with Gasteiger partial charge in [-0.15, -0.1) is 0 Å². The summed E-state index contributed by atoms with van der Waals surface area (Å²) in [5.74, 6) is 0.937. The molecule has 0 spiro atoms. The monoisotopic (exact) mass is 449 g/mol. The third-order valence-electron chi connectivity index (χ3n) is 7.07. The van der Waals surface area contributed by atoms with E-state index >= 15 is 0 Å². The fraction of sp³-hybridized carbons (Fsp3) is 0.480. The van der Waals surface area contributed by atoms with Crippen molar-refractivity contribution in [3.63, 3.8) is 0 Å². The molecule has 4 heterocycles. The molecule has 3 aromatic rings. The lowest BCUT2D eigenvalue weighted by atomic mass is 9.96. The molecule has 33 heavy (non-hydrogen) atoms. The Kier molecular flexibility index (Phi) is 5.25. The predicted molar refractivity (Wildman–Crippen MR) is 123 cm³/mol. The Morgan fingerprint density at radius 1 is 1.06 bits per heavy atom. The van der Waals surface area contributed by atoms with E-state index in [0.29, 0.717) is 19.7 Å². The van der Waals surface area contributed by atoms with E-state index in [1.54, 1.807) is 6.07 Å². The number of aryl methyl sites for hydroxylation is 1. The number of piperazine rings is 1. The summed E-state index contributed by atoms with van der Waals surface area (Å²) < 4.78 is 21.4. The molecule has 0 bridgehead atoms. The number of fused-ring (bicyclic) bond motifs is 2. The fourth-order valence-corrected chi connectivity index (χ4v) is 5.35. The highest BCUT2D eigenvalue weighted by Crippen LogP contribution is 2.33. The zero-order valence-electron chi connectivity index (χ0n) is 18.7. The van der Waals surface area contributed by atoms with Gasteiger partial charge in [0.1, 0.15) is 17.7 Å². The van der Waals surface area contributed by atoms with Crippen LogP contribution in [0.3, 0.4) is 0 Å². The fourth-order valence-electron chi connectivity index (χ4n) is 5.35. The molecule has 0 N–H and O–H groups in total. The van der Waals surface area contributed by atoms with Gasteiger partial charge in [0.2, 0.25) is 0 Å². The van der Waals surface area contributed by atoms with E-state index in [0.717, 1.165) is 80.0 Å². The number of hydrogen-bond acceptors (Lipinski definition) is 5. The van der Waals surface area contributed by atoms with Gasteiger partial charge in [0.15, 0.2) is 5.65 Å². The third-order valence-corrected chi connectivity index (χ3v) is 7.07. The van der Waals surface area contributed by atoms with E-state index in [1.807, 2.05) is 21.5 Å². The van der Waals surface area contributed by atoms with Gasteiger partial charge < -0.3 is 14.5 Å². The second kappa shape index (κ2) is 8.41. The number of carbonyl (C=O) groups is 1. The van der Waals surface area contributed by atoms with Crippen LogP contribution in [0, 0.1) is 5.82 Å². The zero-order valence-corrected chi connectivity index (χ0v) is 18.7. The first kappa shape index (κ1) is 20.6. The molecule has 7 nitrogen and oxygen atoms in total. The first-order valence-electron chi connectivity index (χ1n) is 12.0. The van der Waals surface area contributed by atoms with Gasteiger partial charge in [-0.3, -0.25) is 4.79 Å². The maximum absolute atomic E-state index is 13.8. The summed E-state index contributed by atoms with van der Waals surface area (Å²) in [6.45, 7) is 3.54. The average Bonchev–Trinajstić information content (AvgIpc) is 3.52. The van der Waals surface area contributed by atoms with Crippen molar-refractivity contribution in [2.24, 2.45) is 0 Å². The number of anilines is 1. The molecule has 2 aromatic heterocycles. The lowest BCUT2D eigenvalue weighted by molar-refractivity contribution is -0.141. The van der Waals surface area contributed by atoms with Crippen molar-refractivity contribution in [1.82, 2.24) is 19.5 Å². The minimum absolute atomic E-state index is 0.126. The molecule has 1 amide bonds. The normalized spacial score (nSPS) is 20.9. The highest BCUT2D eigenvalue weighted by Gasteiger charge is 2.32. The van der Waals surface area contributed by atoms with E-state index in [4.69, 9.17) is 14.8 Å². The molecule has 8 heteroatoms. The molecular weight excluding hydrogens is 421 g/mol. The van der Waals surface area contributed by atoms with Gasteiger partial charge in [0.05, 0.1) is 5.69 Å². The number of benzene rings is 1. The van der Waals surface area contributed by atoms with E-state index in [2.05, 4.69) is 4.90 Å². The topological polar surface area (TPSA) is 63.0 Å². The molecule has 172 valence electrons. The van der Waals surface area contributed by atoms with Crippen molar-refractivity contribution >= 4 is 17.4 Å². The van der Waals surface area contributed by atoms with Crippen LogP contribution in [0.2, 0.25) is 0 Å². The van der Waals surface area contributed by atoms with Crippen molar-refractivity contribution in [2.75, 3.05) is 37.7 Å². The number of nitrogens with zero attached hydrogens (tertiary/aromatic N) is 5. The van der Waals surface area contributed by atoms with E-state index in [-0.39, 0.29) is 17.8 Å². The lowest BCUT2D eigenvalue weighted by Crippen LogP contribution is -2.52. The molecule has 2 fully saturated rings. The Bertz CT molecular complexity index is 1190. The van der Waals surface area contributed by atoms with Crippen LogP contribution in [0.4, 0.5) is 10.2 Å². The number of halogens is 1. The summed E-state index contributed by atoms with van der Waals surface area (Å²) in [7, 11) is 0. The van der Waals surface area contributed by atoms with Gasteiger partial charge >= 0.3 is 0 Å². The molecular formula is C25H28FN5O2. The van der Waals surface area contributed by atoms with E-state index in [9.17, 15) is 9.18 Å². The first-order valence-corrected chi connectivity index (χ1v) is 12.0. The Morgan fingerprint density at radius 2 is 1.91 bits per heavy atom. The second-order valence-corrected chi connectivity index (χ2v) is 9.19. The van der Waals surface area contributed by atoms with Gasteiger partial charge in [0, 0.05) is 55.7 Å². The van der Waals surface area contributed by atoms with Crippen LogP contribution < -0.4 is 4.90 Å². The maximum atomic E-state index is 13.8. The van der Waals surface area contributed by atoms with Gasteiger partial charge in [-0.05, 0) is 50.7 Å². The van der Waals surface area contributed by atoms with E-state index < -0.39 is 0 Å². The highest BCUT2D eigenvalue weighted by molar-refractivity contribution is 5.81. The van der Waals surface area contributed by atoms with Gasteiger partial charge in [-0.2, -0.15) is 9.61 Å². The Morgan fingerprint density at radius 3 is 2.70 bits per heavy atom. The molecule has 0 saturated carbocycles. The summed E-state index contributed by atoms with van der Waals surface area (Å²) >= 11 is 0. The molecule has 6 rings (SSSR count). The molecule has 0 unspecified atom stereocenters. The lowest BCUT2D eigenvalue weighted by Gasteiger charge is -2.38. The van der Waals surface area contributed by atoms with E-state index in [1.165, 1.54) is 17.7 Å². The first-order chi connectivity index (χ1) is 16.2. The van der Waals surface area contributed by atoms with Crippen LogP contribution in [-0.2, 0) is 22.4 Å².